The number of aryl methyl sites for hydroxylation is 1. The highest BCUT2D eigenvalue weighted by Gasteiger charge is 2.19. The molecule has 106 valence electrons. The fourth-order valence-corrected chi connectivity index (χ4v) is 2.32. The number of carboxylic acid groups (broad SMARTS) is 1. The van der Waals surface area contributed by atoms with Crippen LogP contribution in [0.3, 0.4) is 0 Å². The number of aromatic carboxylic acids is 1. The summed E-state index contributed by atoms with van der Waals surface area (Å²) in [4.78, 5) is 15.5. The Morgan fingerprint density at radius 3 is 2.67 bits per heavy atom. The molecule has 0 amide bonds. The van der Waals surface area contributed by atoms with E-state index in [1.807, 2.05) is 12.1 Å². The normalized spacial score (nSPS) is 10.8. The third kappa shape index (κ3) is 2.56. The minimum atomic E-state index is -1.09. The van der Waals surface area contributed by atoms with Crippen molar-refractivity contribution >= 4 is 39.6 Å². The molecule has 1 N–H and O–H groups in total. The standard InChI is InChI=1S/C14H10IN3O3/c1-18-13-10(7-17-18)12(11(6-16-13)14(19)20)21-9-4-2-8(15)3-5-9/h2-7H,1H3,(H,19,20). The Bertz CT molecular complexity index is 827. The topological polar surface area (TPSA) is 77.2 Å². The van der Waals surface area contributed by atoms with Crippen LogP contribution in [0.15, 0.2) is 36.7 Å². The van der Waals surface area contributed by atoms with Crippen molar-refractivity contribution in [3.8, 4) is 11.5 Å². The summed E-state index contributed by atoms with van der Waals surface area (Å²) < 4.78 is 8.42. The van der Waals surface area contributed by atoms with Crippen molar-refractivity contribution in [3.63, 3.8) is 0 Å². The molecule has 0 spiro atoms. The van der Waals surface area contributed by atoms with Crippen LogP contribution < -0.4 is 4.74 Å². The van der Waals surface area contributed by atoms with E-state index in [4.69, 9.17) is 4.74 Å². The van der Waals surface area contributed by atoms with Crippen LogP contribution >= 0.6 is 22.6 Å². The van der Waals surface area contributed by atoms with Gasteiger partial charge in [-0.2, -0.15) is 5.10 Å². The number of hydrogen-bond acceptors (Lipinski definition) is 4. The molecule has 0 aliphatic heterocycles. The number of carbonyl (C=O) groups is 1. The fourth-order valence-electron chi connectivity index (χ4n) is 1.96. The van der Waals surface area contributed by atoms with Crippen molar-refractivity contribution in [1.82, 2.24) is 14.8 Å². The number of aromatic nitrogens is 3. The Morgan fingerprint density at radius 1 is 1.29 bits per heavy atom. The van der Waals surface area contributed by atoms with Gasteiger partial charge in [-0.3, -0.25) is 4.68 Å². The highest BCUT2D eigenvalue weighted by molar-refractivity contribution is 14.1. The quantitative estimate of drug-likeness (QED) is 0.690. The van der Waals surface area contributed by atoms with Gasteiger partial charge in [0, 0.05) is 16.8 Å². The summed E-state index contributed by atoms with van der Waals surface area (Å²) in [5, 5.41) is 14.0. The van der Waals surface area contributed by atoms with E-state index >= 15 is 0 Å². The first kappa shape index (κ1) is 13.8. The smallest absolute Gasteiger partial charge is 0.341 e. The number of hydrogen-bond donors (Lipinski definition) is 1. The van der Waals surface area contributed by atoms with E-state index in [-0.39, 0.29) is 11.3 Å². The molecule has 0 saturated carbocycles. The van der Waals surface area contributed by atoms with E-state index in [0.717, 1.165) is 3.57 Å². The number of rotatable bonds is 3. The Hall–Kier alpha value is -2.16. The molecular formula is C14H10IN3O3. The summed E-state index contributed by atoms with van der Waals surface area (Å²) in [6, 6.07) is 7.35. The number of pyridine rings is 1. The molecule has 0 unspecified atom stereocenters. The molecule has 6 nitrogen and oxygen atoms in total. The van der Waals surface area contributed by atoms with Crippen molar-refractivity contribution < 1.29 is 14.6 Å². The zero-order valence-electron chi connectivity index (χ0n) is 10.9. The van der Waals surface area contributed by atoms with Gasteiger partial charge in [-0.25, -0.2) is 9.78 Å². The molecule has 0 aliphatic carbocycles. The fraction of sp³-hybridized carbons (Fsp3) is 0.0714. The lowest BCUT2D eigenvalue weighted by Gasteiger charge is -2.09. The Morgan fingerprint density at radius 2 is 2.00 bits per heavy atom. The molecule has 1 aromatic carbocycles. The van der Waals surface area contributed by atoms with Crippen LogP contribution in [0.1, 0.15) is 10.4 Å². The van der Waals surface area contributed by atoms with Crippen molar-refractivity contribution in [2.75, 3.05) is 0 Å². The molecule has 7 heteroatoms. The van der Waals surface area contributed by atoms with E-state index in [2.05, 4.69) is 32.7 Å². The first-order valence-electron chi connectivity index (χ1n) is 6.03. The van der Waals surface area contributed by atoms with Crippen LogP contribution in [0.2, 0.25) is 0 Å². The van der Waals surface area contributed by atoms with Crippen LogP contribution in [-0.2, 0) is 7.05 Å². The molecule has 0 aliphatic rings. The first-order chi connectivity index (χ1) is 10.1. The third-order valence-corrected chi connectivity index (χ3v) is 3.70. The van der Waals surface area contributed by atoms with Gasteiger partial charge in [0.25, 0.3) is 0 Å². The largest absolute Gasteiger partial charge is 0.477 e. The molecule has 2 aromatic heterocycles. The van der Waals surface area contributed by atoms with Crippen LogP contribution in [0, 0.1) is 3.57 Å². The molecule has 0 radical (unpaired) electrons. The molecule has 0 fully saturated rings. The molecule has 0 saturated heterocycles. The van der Waals surface area contributed by atoms with Crippen molar-refractivity contribution in [2.24, 2.45) is 7.05 Å². The van der Waals surface area contributed by atoms with Gasteiger partial charge in [0.2, 0.25) is 0 Å². The number of carboxylic acids is 1. The monoisotopic (exact) mass is 395 g/mol. The van der Waals surface area contributed by atoms with Gasteiger partial charge >= 0.3 is 5.97 Å². The van der Waals surface area contributed by atoms with Gasteiger partial charge in [-0.05, 0) is 46.9 Å². The SMILES string of the molecule is Cn1ncc2c(Oc3ccc(I)cc3)c(C(=O)O)cnc21. The Kier molecular flexibility index (Phi) is 3.50. The lowest BCUT2D eigenvalue weighted by Crippen LogP contribution is -2.02. The summed E-state index contributed by atoms with van der Waals surface area (Å²) >= 11 is 2.19. The predicted molar refractivity (Wildman–Crippen MR) is 84.7 cm³/mol. The highest BCUT2D eigenvalue weighted by Crippen LogP contribution is 2.32. The minimum Gasteiger partial charge on any atom is -0.477 e. The second-order valence-electron chi connectivity index (χ2n) is 4.37. The molecular weight excluding hydrogens is 385 g/mol. The molecule has 2 heterocycles. The number of halogens is 1. The minimum absolute atomic E-state index is 0.00838. The van der Waals surface area contributed by atoms with Crippen molar-refractivity contribution in [1.29, 1.82) is 0 Å². The zero-order chi connectivity index (χ0) is 15.0. The summed E-state index contributed by atoms with van der Waals surface area (Å²) in [5.41, 5.74) is 0.578. The molecule has 3 rings (SSSR count). The van der Waals surface area contributed by atoms with Gasteiger partial charge in [0.15, 0.2) is 11.4 Å². The summed E-state index contributed by atoms with van der Waals surface area (Å²) in [6.45, 7) is 0. The van der Waals surface area contributed by atoms with Gasteiger partial charge < -0.3 is 9.84 Å². The van der Waals surface area contributed by atoms with Gasteiger partial charge in [-0.1, -0.05) is 0 Å². The lowest BCUT2D eigenvalue weighted by molar-refractivity contribution is 0.0694. The average molecular weight is 395 g/mol. The maximum absolute atomic E-state index is 11.4. The van der Waals surface area contributed by atoms with Gasteiger partial charge in [-0.15, -0.1) is 0 Å². The maximum atomic E-state index is 11.4. The van der Waals surface area contributed by atoms with E-state index in [1.54, 1.807) is 30.1 Å². The number of nitrogens with zero attached hydrogens (tertiary/aromatic N) is 3. The van der Waals surface area contributed by atoms with Crippen LogP contribution in [-0.4, -0.2) is 25.8 Å². The summed E-state index contributed by atoms with van der Waals surface area (Å²) in [6.07, 6.45) is 2.84. The Balaban J connectivity index is 2.16. The Labute approximate surface area is 133 Å². The van der Waals surface area contributed by atoms with E-state index in [0.29, 0.717) is 16.8 Å². The van der Waals surface area contributed by atoms with E-state index < -0.39 is 5.97 Å². The number of benzene rings is 1. The van der Waals surface area contributed by atoms with Crippen LogP contribution in [0.5, 0.6) is 11.5 Å². The predicted octanol–water partition coefficient (Wildman–Crippen LogP) is 3.06. The molecule has 21 heavy (non-hydrogen) atoms. The van der Waals surface area contributed by atoms with Gasteiger partial charge in [0.05, 0.1) is 11.6 Å². The second kappa shape index (κ2) is 5.32. The highest BCUT2D eigenvalue weighted by atomic mass is 127. The van der Waals surface area contributed by atoms with Gasteiger partial charge in [0.1, 0.15) is 11.3 Å². The van der Waals surface area contributed by atoms with Crippen molar-refractivity contribution in [2.45, 2.75) is 0 Å². The zero-order valence-corrected chi connectivity index (χ0v) is 13.1. The molecule has 0 bridgehead atoms. The lowest BCUT2D eigenvalue weighted by atomic mass is 10.2. The average Bonchev–Trinajstić information content (AvgIpc) is 2.83. The van der Waals surface area contributed by atoms with Crippen molar-refractivity contribution in [3.05, 3.63) is 45.8 Å². The first-order valence-corrected chi connectivity index (χ1v) is 7.11. The second-order valence-corrected chi connectivity index (χ2v) is 5.61. The van der Waals surface area contributed by atoms with E-state index in [9.17, 15) is 9.90 Å². The molecule has 3 aromatic rings. The van der Waals surface area contributed by atoms with E-state index in [1.165, 1.54) is 6.20 Å². The number of ether oxygens (including phenoxy) is 1. The summed E-state index contributed by atoms with van der Waals surface area (Å²) in [7, 11) is 1.74. The van der Waals surface area contributed by atoms with Crippen LogP contribution in [0.4, 0.5) is 0 Å². The third-order valence-electron chi connectivity index (χ3n) is 2.98. The number of fused-ring (bicyclic) bond motifs is 1. The maximum Gasteiger partial charge on any atom is 0.341 e. The molecule has 0 atom stereocenters. The van der Waals surface area contributed by atoms with Crippen LogP contribution in [0.25, 0.3) is 11.0 Å². The summed E-state index contributed by atoms with van der Waals surface area (Å²) in [5.74, 6) is -0.273.